The van der Waals surface area contributed by atoms with E-state index in [1.54, 1.807) is 49.6 Å². The van der Waals surface area contributed by atoms with E-state index >= 15 is 0 Å². The van der Waals surface area contributed by atoms with Crippen LogP contribution in [0.15, 0.2) is 72.9 Å². The van der Waals surface area contributed by atoms with Crippen molar-refractivity contribution in [2.45, 2.75) is 0 Å². The average molecular weight is 348 g/mol. The van der Waals surface area contributed by atoms with E-state index in [0.29, 0.717) is 11.3 Å². The summed E-state index contributed by atoms with van der Waals surface area (Å²) in [5.74, 6) is 0.485. The van der Waals surface area contributed by atoms with Crippen molar-refractivity contribution < 1.29 is 14.5 Å². The molecule has 0 radical (unpaired) electrons. The molecule has 6 heteroatoms. The van der Waals surface area contributed by atoms with Crippen molar-refractivity contribution in [3.05, 3.63) is 94.3 Å². The maximum atomic E-state index is 12.3. The first-order valence-electron chi connectivity index (χ1n) is 7.87. The molecule has 6 nitrogen and oxygen atoms in total. The molecule has 0 aliphatic carbocycles. The van der Waals surface area contributed by atoms with Gasteiger partial charge in [-0.1, -0.05) is 12.1 Å². The van der Waals surface area contributed by atoms with Crippen molar-refractivity contribution in [1.29, 1.82) is 0 Å². The Balaban J connectivity index is 1.83. The number of non-ortho nitro benzene ring substituents is 1. The number of methoxy groups -OCH3 is 1. The lowest BCUT2D eigenvalue weighted by Crippen LogP contribution is -1.97. The van der Waals surface area contributed by atoms with E-state index in [-0.39, 0.29) is 11.5 Å². The summed E-state index contributed by atoms with van der Waals surface area (Å²) < 4.78 is 6.98. The number of benzene rings is 2. The van der Waals surface area contributed by atoms with E-state index in [0.717, 1.165) is 11.4 Å². The van der Waals surface area contributed by atoms with Gasteiger partial charge in [0.25, 0.3) is 5.69 Å². The second kappa shape index (κ2) is 7.48. The summed E-state index contributed by atoms with van der Waals surface area (Å²) in [5, 5.41) is 10.8. The van der Waals surface area contributed by atoms with Crippen LogP contribution in [-0.2, 0) is 0 Å². The number of ether oxygens (including phenoxy) is 1. The summed E-state index contributed by atoms with van der Waals surface area (Å²) in [6.07, 6.45) is 5.03. The fraction of sp³-hybridized carbons (Fsp3) is 0.0500. The summed E-state index contributed by atoms with van der Waals surface area (Å²) >= 11 is 0. The van der Waals surface area contributed by atoms with E-state index in [1.807, 2.05) is 22.9 Å². The Labute approximate surface area is 150 Å². The molecule has 0 saturated heterocycles. The number of allylic oxidation sites excluding steroid dienone is 1. The van der Waals surface area contributed by atoms with Crippen LogP contribution in [0.4, 0.5) is 5.69 Å². The van der Waals surface area contributed by atoms with Gasteiger partial charge in [-0.15, -0.1) is 0 Å². The highest BCUT2D eigenvalue weighted by Gasteiger charge is 2.07. The fourth-order valence-electron chi connectivity index (χ4n) is 2.53. The monoisotopic (exact) mass is 348 g/mol. The highest BCUT2D eigenvalue weighted by atomic mass is 16.6. The minimum absolute atomic E-state index is 0.0335. The van der Waals surface area contributed by atoms with Crippen LogP contribution in [0.1, 0.15) is 16.1 Å². The number of hydrogen-bond acceptors (Lipinski definition) is 4. The Morgan fingerprint density at radius 2 is 1.88 bits per heavy atom. The third-order valence-corrected chi connectivity index (χ3v) is 3.88. The van der Waals surface area contributed by atoms with Crippen LogP contribution >= 0.6 is 0 Å². The maximum absolute atomic E-state index is 12.3. The molecule has 0 aliphatic rings. The lowest BCUT2D eigenvalue weighted by molar-refractivity contribution is -0.384. The van der Waals surface area contributed by atoms with Gasteiger partial charge in [0.05, 0.1) is 12.0 Å². The maximum Gasteiger partial charge on any atom is 0.269 e. The van der Waals surface area contributed by atoms with Crippen molar-refractivity contribution in [2.24, 2.45) is 0 Å². The van der Waals surface area contributed by atoms with Gasteiger partial charge in [0, 0.05) is 35.3 Å². The second-order valence-electron chi connectivity index (χ2n) is 5.51. The van der Waals surface area contributed by atoms with Gasteiger partial charge < -0.3 is 9.30 Å². The number of nitrogens with zero attached hydrogens (tertiary/aromatic N) is 2. The van der Waals surface area contributed by atoms with Crippen LogP contribution in [0.2, 0.25) is 0 Å². The number of ketones is 1. The summed E-state index contributed by atoms with van der Waals surface area (Å²) in [6, 6.07) is 16.9. The molecule has 2 aromatic carbocycles. The summed E-state index contributed by atoms with van der Waals surface area (Å²) in [4.78, 5) is 22.7. The molecule has 0 bridgehead atoms. The minimum Gasteiger partial charge on any atom is -0.497 e. The molecule has 0 amide bonds. The van der Waals surface area contributed by atoms with Crippen LogP contribution < -0.4 is 4.74 Å². The Bertz CT molecular complexity index is 971. The van der Waals surface area contributed by atoms with Gasteiger partial charge >= 0.3 is 0 Å². The summed E-state index contributed by atoms with van der Waals surface area (Å²) in [5.41, 5.74) is 2.13. The number of carbonyl (C=O) groups is 1. The molecule has 0 spiro atoms. The molecule has 0 saturated carbocycles. The molecule has 0 atom stereocenters. The SMILES string of the molecule is COc1cccc(C(=O)/C=C/c2cccn2-c2ccc([N+](=O)[O-])cc2)c1. The standard InChI is InChI=1S/C20H16N2O4/c1-26-19-6-2-4-15(14-19)20(23)12-11-16-5-3-13-21(16)17-7-9-18(10-8-17)22(24)25/h2-14H,1H3/b12-11+. The quantitative estimate of drug-likeness (QED) is 0.288. The lowest BCUT2D eigenvalue weighted by Gasteiger charge is -2.06. The van der Waals surface area contributed by atoms with Gasteiger partial charge in [-0.05, 0) is 48.6 Å². The molecule has 3 rings (SSSR count). The van der Waals surface area contributed by atoms with E-state index < -0.39 is 4.92 Å². The van der Waals surface area contributed by atoms with Crippen molar-refractivity contribution in [3.63, 3.8) is 0 Å². The normalized spacial score (nSPS) is 10.8. The molecule has 26 heavy (non-hydrogen) atoms. The number of nitro groups is 1. The second-order valence-corrected chi connectivity index (χ2v) is 5.51. The van der Waals surface area contributed by atoms with Crippen LogP contribution in [-0.4, -0.2) is 22.4 Å². The first kappa shape index (κ1) is 17.2. The van der Waals surface area contributed by atoms with Gasteiger partial charge in [-0.25, -0.2) is 0 Å². The van der Waals surface area contributed by atoms with Crippen molar-refractivity contribution in [2.75, 3.05) is 7.11 Å². The van der Waals surface area contributed by atoms with E-state index in [1.165, 1.54) is 18.2 Å². The molecular formula is C20H16N2O4. The van der Waals surface area contributed by atoms with Gasteiger partial charge in [0.1, 0.15) is 5.75 Å². The molecule has 0 N–H and O–H groups in total. The van der Waals surface area contributed by atoms with Crippen LogP contribution in [0.3, 0.4) is 0 Å². The topological polar surface area (TPSA) is 74.4 Å². The number of nitro benzene ring substituents is 1. The summed E-state index contributed by atoms with van der Waals surface area (Å²) in [6.45, 7) is 0. The van der Waals surface area contributed by atoms with E-state index in [9.17, 15) is 14.9 Å². The number of hydrogen-bond donors (Lipinski definition) is 0. The first-order chi connectivity index (χ1) is 12.6. The minimum atomic E-state index is -0.437. The molecule has 130 valence electrons. The Kier molecular flexibility index (Phi) is 4.94. The van der Waals surface area contributed by atoms with Gasteiger partial charge in [0.2, 0.25) is 0 Å². The molecule has 0 fully saturated rings. The Hall–Kier alpha value is -3.67. The zero-order valence-corrected chi connectivity index (χ0v) is 14.0. The fourth-order valence-corrected chi connectivity index (χ4v) is 2.53. The van der Waals surface area contributed by atoms with Crippen LogP contribution in [0, 0.1) is 10.1 Å². The predicted octanol–water partition coefficient (Wildman–Crippen LogP) is 4.29. The number of carbonyl (C=O) groups excluding carboxylic acids is 1. The third-order valence-electron chi connectivity index (χ3n) is 3.88. The first-order valence-corrected chi connectivity index (χ1v) is 7.87. The van der Waals surface area contributed by atoms with Crippen LogP contribution in [0.5, 0.6) is 5.75 Å². The van der Waals surface area contributed by atoms with Gasteiger partial charge in [0.15, 0.2) is 5.78 Å². The van der Waals surface area contributed by atoms with E-state index in [2.05, 4.69) is 0 Å². The Morgan fingerprint density at radius 3 is 2.58 bits per heavy atom. The molecular weight excluding hydrogens is 332 g/mol. The highest BCUT2D eigenvalue weighted by Crippen LogP contribution is 2.19. The van der Waals surface area contributed by atoms with Gasteiger partial charge in [-0.2, -0.15) is 0 Å². The van der Waals surface area contributed by atoms with Crippen molar-refractivity contribution in [3.8, 4) is 11.4 Å². The summed E-state index contributed by atoms with van der Waals surface area (Å²) in [7, 11) is 1.55. The number of aromatic nitrogens is 1. The zero-order valence-electron chi connectivity index (χ0n) is 14.0. The third kappa shape index (κ3) is 3.70. The van der Waals surface area contributed by atoms with Crippen molar-refractivity contribution >= 4 is 17.5 Å². The van der Waals surface area contributed by atoms with Gasteiger partial charge in [-0.3, -0.25) is 14.9 Å². The highest BCUT2D eigenvalue weighted by molar-refractivity contribution is 6.07. The molecule has 1 aromatic heterocycles. The van der Waals surface area contributed by atoms with E-state index in [4.69, 9.17) is 4.74 Å². The lowest BCUT2D eigenvalue weighted by atomic mass is 10.1. The molecule has 3 aromatic rings. The largest absolute Gasteiger partial charge is 0.497 e. The number of rotatable bonds is 6. The molecule has 0 aliphatic heterocycles. The predicted molar refractivity (Wildman–Crippen MR) is 98.8 cm³/mol. The Morgan fingerprint density at radius 1 is 1.12 bits per heavy atom. The molecule has 0 unspecified atom stereocenters. The van der Waals surface area contributed by atoms with Crippen molar-refractivity contribution in [1.82, 2.24) is 4.57 Å². The van der Waals surface area contributed by atoms with Crippen LogP contribution in [0.25, 0.3) is 11.8 Å². The molecule has 1 heterocycles. The smallest absolute Gasteiger partial charge is 0.269 e. The average Bonchev–Trinajstić information content (AvgIpc) is 3.14. The zero-order chi connectivity index (χ0) is 18.5.